The summed E-state index contributed by atoms with van der Waals surface area (Å²) >= 11 is 0. The molecular formula is C9H21N. The van der Waals surface area contributed by atoms with Crippen molar-refractivity contribution >= 4 is 0 Å². The van der Waals surface area contributed by atoms with Gasteiger partial charge in [-0.05, 0) is 25.3 Å². The van der Waals surface area contributed by atoms with Gasteiger partial charge in [-0.25, -0.2) is 0 Å². The first-order chi connectivity index (χ1) is 4.63. The number of hydrogen-bond acceptors (Lipinski definition) is 1. The Hall–Kier alpha value is -0.0400. The predicted molar refractivity (Wildman–Crippen MR) is 47.1 cm³/mol. The second kappa shape index (κ2) is 4.73. The Morgan fingerprint density at radius 1 is 1.20 bits per heavy atom. The van der Waals surface area contributed by atoms with Crippen LogP contribution < -0.4 is 5.32 Å². The Morgan fingerprint density at radius 2 is 1.70 bits per heavy atom. The van der Waals surface area contributed by atoms with Crippen LogP contribution in [-0.4, -0.2) is 13.1 Å². The molecule has 2 unspecified atom stereocenters. The van der Waals surface area contributed by atoms with Crippen LogP contribution in [0.4, 0.5) is 0 Å². The van der Waals surface area contributed by atoms with Crippen molar-refractivity contribution in [2.24, 2.45) is 11.8 Å². The molecule has 0 spiro atoms. The summed E-state index contributed by atoms with van der Waals surface area (Å²) in [5.41, 5.74) is 0. The van der Waals surface area contributed by atoms with Crippen LogP contribution in [-0.2, 0) is 0 Å². The summed E-state index contributed by atoms with van der Waals surface area (Å²) in [6.07, 6.45) is 1.23. The van der Waals surface area contributed by atoms with Crippen molar-refractivity contribution in [2.75, 3.05) is 7.05 Å². The van der Waals surface area contributed by atoms with Gasteiger partial charge in [-0.3, -0.25) is 0 Å². The molecule has 0 aliphatic rings. The molecule has 0 aliphatic carbocycles. The zero-order valence-electron chi connectivity index (χ0n) is 7.94. The van der Waals surface area contributed by atoms with Gasteiger partial charge in [-0.15, -0.1) is 0 Å². The fourth-order valence-electron chi connectivity index (χ4n) is 1.30. The van der Waals surface area contributed by atoms with Gasteiger partial charge in [0, 0.05) is 6.04 Å². The summed E-state index contributed by atoms with van der Waals surface area (Å²) in [6.45, 7) is 9.12. The highest BCUT2D eigenvalue weighted by Crippen LogP contribution is 2.15. The third-order valence-electron chi connectivity index (χ3n) is 2.50. The molecule has 0 heterocycles. The van der Waals surface area contributed by atoms with E-state index in [1.807, 2.05) is 7.05 Å². The van der Waals surface area contributed by atoms with E-state index in [9.17, 15) is 0 Å². The molecule has 0 aromatic rings. The molecule has 0 aromatic heterocycles. The Kier molecular flexibility index (Phi) is 4.71. The monoisotopic (exact) mass is 143 g/mol. The van der Waals surface area contributed by atoms with Crippen molar-refractivity contribution < 1.29 is 0 Å². The standard InChI is InChI=1S/C9H21N/c1-6-9(10-5)8(4)7(2)3/h7-10H,6H2,1-5H3. The lowest BCUT2D eigenvalue weighted by molar-refractivity contribution is 0.305. The topological polar surface area (TPSA) is 12.0 Å². The van der Waals surface area contributed by atoms with Gasteiger partial charge in [0.05, 0.1) is 0 Å². The van der Waals surface area contributed by atoms with Crippen LogP contribution in [0.25, 0.3) is 0 Å². The van der Waals surface area contributed by atoms with Gasteiger partial charge in [0.25, 0.3) is 0 Å². The second-order valence-corrected chi connectivity index (χ2v) is 3.41. The lowest BCUT2D eigenvalue weighted by Gasteiger charge is -2.25. The summed E-state index contributed by atoms with van der Waals surface area (Å²) in [5.74, 6) is 1.58. The molecular weight excluding hydrogens is 122 g/mol. The van der Waals surface area contributed by atoms with Crippen LogP contribution in [0.1, 0.15) is 34.1 Å². The smallest absolute Gasteiger partial charge is 0.00895 e. The Balaban J connectivity index is 3.76. The minimum absolute atomic E-state index is 0.694. The molecule has 0 bridgehead atoms. The first-order valence-electron chi connectivity index (χ1n) is 4.30. The minimum Gasteiger partial charge on any atom is -0.317 e. The van der Waals surface area contributed by atoms with Gasteiger partial charge in [0.2, 0.25) is 0 Å². The van der Waals surface area contributed by atoms with Crippen LogP contribution >= 0.6 is 0 Å². The predicted octanol–water partition coefficient (Wildman–Crippen LogP) is 2.28. The third kappa shape index (κ3) is 2.70. The summed E-state index contributed by atoms with van der Waals surface area (Å²) in [4.78, 5) is 0. The van der Waals surface area contributed by atoms with E-state index in [0.29, 0.717) is 6.04 Å². The highest BCUT2D eigenvalue weighted by atomic mass is 14.9. The quantitative estimate of drug-likeness (QED) is 0.636. The van der Waals surface area contributed by atoms with E-state index in [0.717, 1.165) is 11.8 Å². The number of rotatable bonds is 4. The van der Waals surface area contributed by atoms with Crippen LogP contribution in [0.2, 0.25) is 0 Å². The molecule has 1 nitrogen and oxygen atoms in total. The number of nitrogens with one attached hydrogen (secondary N) is 1. The summed E-state index contributed by atoms with van der Waals surface area (Å²) in [5, 5.41) is 3.33. The van der Waals surface area contributed by atoms with E-state index in [1.54, 1.807) is 0 Å². The van der Waals surface area contributed by atoms with Crippen molar-refractivity contribution in [2.45, 2.75) is 40.2 Å². The molecule has 1 N–H and O–H groups in total. The third-order valence-corrected chi connectivity index (χ3v) is 2.50. The number of hydrogen-bond donors (Lipinski definition) is 1. The van der Waals surface area contributed by atoms with Gasteiger partial charge in [0.15, 0.2) is 0 Å². The van der Waals surface area contributed by atoms with Crippen molar-refractivity contribution in [3.8, 4) is 0 Å². The molecule has 0 radical (unpaired) electrons. The highest BCUT2D eigenvalue weighted by Gasteiger charge is 2.15. The van der Waals surface area contributed by atoms with Crippen LogP contribution in [0, 0.1) is 11.8 Å². The highest BCUT2D eigenvalue weighted by molar-refractivity contribution is 4.71. The average molecular weight is 143 g/mol. The van der Waals surface area contributed by atoms with Gasteiger partial charge in [-0.1, -0.05) is 27.7 Å². The van der Waals surface area contributed by atoms with E-state index in [1.165, 1.54) is 6.42 Å². The van der Waals surface area contributed by atoms with Crippen molar-refractivity contribution in [1.82, 2.24) is 5.32 Å². The molecule has 0 aliphatic heterocycles. The average Bonchev–Trinajstić information content (AvgIpc) is 1.90. The second-order valence-electron chi connectivity index (χ2n) is 3.41. The molecule has 0 fully saturated rings. The first kappa shape index (κ1) is 9.96. The van der Waals surface area contributed by atoms with Gasteiger partial charge in [-0.2, -0.15) is 0 Å². The zero-order chi connectivity index (χ0) is 8.15. The lowest BCUT2D eigenvalue weighted by atomic mass is 9.89. The summed E-state index contributed by atoms with van der Waals surface area (Å²) in [6, 6.07) is 0.694. The van der Waals surface area contributed by atoms with Gasteiger partial charge < -0.3 is 5.32 Å². The maximum Gasteiger partial charge on any atom is 0.00895 e. The lowest BCUT2D eigenvalue weighted by Crippen LogP contribution is -2.33. The van der Waals surface area contributed by atoms with Gasteiger partial charge in [0.1, 0.15) is 0 Å². The Bertz CT molecular complexity index is 74.8. The fourth-order valence-corrected chi connectivity index (χ4v) is 1.30. The summed E-state index contributed by atoms with van der Waals surface area (Å²) < 4.78 is 0. The molecule has 0 amide bonds. The van der Waals surface area contributed by atoms with E-state index < -0.39 is 0 Å². The molecule has 0 saturated heterocycles. The van der Waals surface area contributed by atoms with Crippen LogP contribution in [0.15, 0.2) is 0 Å². The molecule has 62 valence electrons. The zero-order valence-corrected chi connectivity index (χ0v) is 7.94. The Labute approximate surface area is 65.2 Å². The molecule has 10 heavy (non-hydrogen) atoms. The molecule has 0 saturated carbocycles. The molecule has 0 aromatic carbocycles. The largest absolute Gasteiger partial charge is 0.317 e. The molecule has 2 atom stereocenters. The SMILES string of the molecule is CCC(NC)C(C)C(C)C. The normalized spacial score (nSPS) is 17.4. The maximum absolute atomic E-state index is 3.33. The van der Waals surface area contributed by atoms with E-state index in [4.69, 9.17) is 0 Å². The minimum atomic E-state index is 0.694. The summed E-state index contributed by atoms with van der Waals surface area (Å²) in [7, 11) is 2.05. The van der Waals surface area contributed by atoms with Crippen molar-refractivity contribution in [1.29, 1.82) is 0 Å². The van der Waals surface area contributed by atoms with E-state index in [-0.39, 0.29) is 0 Å². The Morgan fingerprint density at radius 3 is 1.80 bits per heavy atom. The van der Waals surface area contributed by atoms with Crippen LogP contribution in [0.5, 0.6) is 0 Å². The van der Waals surface area contributed by atoms with E-state index >= 15 is 0 Å². The first-order valence-corrected chi connectivity index (χ1v) is 4.30. The molecule has 1 heteroatoms. The van der Waals surface area contributed by atoms with Crippen molar-refractivity contribution in [3.05, 3.63) is 0 Å². The van der Waals surface area contributed by atoms with Crippen LogP contribution in [0.3, 0.4) is 0 Å². The maximum atomic E-state index is 3.33. The molecule has 0 rings (SSSR count). The fraction of sp³-hybridized carbons (Fsp3) is 1.00. The van der Waals surface area contributed by atoms with E-state index in [2.05, 4.69) is 33.0 Å². The van der Waals surface area contributed by atoms with Crippen molar-refractivity contribution in [3.63, 3.8) is 0 Å². The van der Waals surface area contributed by atoms with Gasteiger partial charge >= 0.3 is 0 Å².